The van der Waals surface area contributed by atoms with E-state index in [-0.39, 0.29) is 11.9 Å². The van der Waals surface area contributed by atoms with Gasteiger partial charge in [-0.05, 0) is 58.7 Å². The van der Waals surface area contributed by atoms with Gasteiger partial charge in [0, 0.05) is 41.5 Å². The number of hydrogen-bond donors (Lipinski definition) is 1. The van der Waals surface area contributed by atoms with E-state index >= 15 is 0 Å². The molecule has 1 N–H and O–H groups in total. The van der Waals surface area contributed by atoms with Gasteiger partial charge in [-0.1, -0.05) is 12.1 Å². The van der Waals surface area contributed by atoms with Crippen LogP contribution < -0.4 is 5.32 Å². The summed E-state index contributed by atoms with van der Waals surface area (Å²) in [6, 6.07) is 7.94. The van der Waals surface area contributed by atoms with Gasteiger partial charge < -0.3 is 5.32 Å². The summed E-state index contributed by atoms with van der Waals surface area (Å²) in [7, 11) is 1.92. The minimum atomic E-state index is -0.0783. The van der Waals surface area contributed by atoms with Crippen molar-refractivity contribution in [1.29, 1.82) is 0 Å². The number of aryl methyl sites for hydroxylation is 4. The van der Waals surface area contributed by atoms with E-state index in [9.17, 15) is 4.79 Å². The zero-order valence-corrected chi connectivity index (χ0v) is 18.4. The first-order chi connectivity index (χ1) is 14.3. The van der Waals surface area contributed by atoms with Crippen LogP contribution in [0.3, 0.4) is 0 Å². The monoisotopic (exact) mass is 404 g/mol. The molecule has 0 spiro atoms. The molecule has 156 valence electrons. The van der Waals surface area contributed by atoms with E-state index in [1.54, 1.807) is 0 Å². The van der Waals surface area contributed by atoms with Crippen molar-refractivity contribution in [3.63, 3.8) is 0 Å². The zero-order valence-electron chi connectivity index (χ0n) is 18.4. The predicted octanol–water partition coefficient (Wildman–Crippen LogP) is 3.66. The molecule has 7 nitrogen and oxygen atoms in total. The van der Waals surface area contributed by atoms with Crippen LogP contribution in [-0.4, -0.2) is 30.3 Å². The fourth-order valence-electron chi connectivity index (χ4n) is 4.38. The molecule has 0 saturated heterocycles. The quantitative estimate of drug-likeness (QED) is 0.551. The molecule has 1 atom stereocenters. The highest BCUT2D eigenvalue weighted by molar-refractivity contribution is 5.92. The van der Waals surface area contributed by atoms with Crippen molar-refractivity contribution in [3.05, 3.63) is 58.2 Å². The summed E-state index contributed by atoms with van der Waals surface area (Å²) in [5, 5.41) is 13.3. The maximum atomic E-state index is 12.7. The number of benzene rings is 1. The number of nitrogens with zero attached hydrogens (tertiary/aromatic N) is 5. The van der Waals surface area contributed by atoms with Gasteiger partial charge >= 0.3 is 0 Å². The number of carbonyl (C=O) groups is 1. The standard InChI is InChI=1S/C23H28N6O/c1-13-18(16(4)29-23(25-13)19-9-7-8-10-20(19)27-29)11-12-21(30)24-14(2)22-15(3)26-28(6)17(22)5/h7-10,14H,11-12H2,1-6H3,(H,24,30). The Morgan fingerprint density at radius 3 is 2.50 bits per heavy atom. The molecule has 0 saturated carbocycles. The Hall–Kier alpha value is -3.22. The predicted molar refractivity (Wildman–Crippen MR) is 118 cm³/mol. The van der Waals surface area contributed by atoms with Gasteiger partial charge in [0.15, 0.2) is 5.65 Å². The Morgan fingerprint density at radius 2 is 1.80 bits per heavy atom. The minimum absolute atomic E-state index is 0.0228. The third kappa shape index (κ3) is 3.34. The Morgan fingerprint density at radius 1 is 1.07 bits per heavy atom. The van der Waals surface area contributed by atoms with Crippen LogP contribution in [0.15, 0.2) is 24.3 Å². The second-order valence-electron chi connectivity index (χ2n) is 8.01. The van der Waals surface area contributed by atoms with Crippen molar-refractivity contribution in [1.82, 2.24) is 29.7 Å². The number of nitrogens with one attached hydrogen (secondary N) is 1. The Bertz CT molecular complexity index is 1270. The molecule has 1 unspecified atom stereocenters. The Kier molecular flexibility index (Phi) is 5.05. The highest BCUT2D eigenvalue weighted by Gasteiger charge is 2.19. The first-order valence-corrected chi connectivity index (χ1v) is 10.3. The fraction of sp³-hybridized carbons (Fsp3) is 0.391. The van der Waals surface area contributed by atoms with Crippen LogP contribution >= 0.6 is 0 Å². The van der Waals surface area contributed by atoms with Gasteiger partial charge in [-0.15, -0.1) is 0 Å². The molecule has 4 rings (SSSR count). The van der Waals surface area contributed by atoms with E-state index in [0.717, 1.165) is 50.5 Å². The second kappa shape index (κ2) is 7.55. The van der Waals surface area contributed by atoms with Crippen LogP contribution in [0.5, 0.6) is 0 Å². The summed E-state index contributed by atoms with van der Waals surface area (Å²) < 4.78 is 3.75. The summed E-state index contributed by atoms with van der Waals surface area (Å²) in [5.41, 5.74) is 7.97. The summed E-state index contributed by atoms with van der Waals surface area (Å²) in [4.78, 5) is 17.5. The molecule has 7 heteroatoms. The Balaban J connectivity index is 1.53. The first kappa shape index (κ1) is 20.1. The largest absolute Gasteiger partial charge is 0.349 e. The number of amides is 1. The smallest absolute Gasteiger partial charge is 0.220 e. The third-order valence-electron chi connectivity index (χ3n) is 6.00. The number of carbonyl (C=O) groups excluding carboxylic acids is 1. The lowest BCUT2D eigenvalue weighted by molar-refractivity contribution is -0.121. The highest BCUT2D eigenvalue weighted by atomic mass is 16.1. The topological polar surface area (TPSA) is 77.1 Å². The molecule has 4 aromatic rings. The molecule has 30 heavy (non-hydrogen) atoms. The van der Waals surface area contributed by atoms with Gasteiger partial charge in [-0.2, -0.15) is 10.2 Å². The highest BCUT2D eigenvalue weighted by Crippen LogP contribution is 2.24. The normalized spacial score (nSPS) is 12.6. The lowest BCUT2D eigenvalue weighted by Crippen LogP contribution is -2.27. The van der Waals surface area contributed by atoms with Gasteiger partial charge in [0.2, 0.25) is 5.91 Å². The number of fused-ring (bicyclic) bond motifs is 3. The molecule has 0 aliphatic carbocycles. The van der Waals surface area contributed by atoms with Gasteiger partial charge in [0.1, 0.15) is 0 Å². The van der Waals surface area contributed by atoms with Crippen LogP contribution in [0.1, 0.15) is 53.3 Å². The molecular formula is C23H28N6O. The van der Waals surface area contributed by atoms with Crippen molar-refractivity contribution in [3.8, 4) is 0 Å². The summed E-state index contributed by atoms with van der Waals surface area (Å²) in [6.45, 7) is 10.1. The van der Waals surface area contributed by atoms with E-state index in [4.69, 9.17) is 10.1 Å². The molecule has 0 fully saturated rings. The van der Waals surface area contributed by atoms with Crippen molar-refractivity contribution < 1.29 is 4.79 Å². The molecule has 3 heterocycles. The number of hydrogen-bond acceptors (Lipinski definition) is 4. The van der Waals surface area contributed by atoms with Crippen molar-refractivity contribution in [2.75, 3.05) is 0 Å². The molecular weight excluding hydrogens is 376 g/mol. The maximum absolute atomic E-state index is 12.7. The van der Waals surface area contributed by atoms with Crippen LogP contribution in [0.4, 0.5) is 0 Å². The second-order valence-corrected chi connectivity index (χ2v) is 8.01. The summed E-state index contributed by atoms with van der Waals surface area (Å²) in [5.74, 6) is 0.0228. The van der Waals surface area contributed by atoms with Gasteiger partial charge in [0.25, 0.3) is 0 Å². The number of rotatable bonds is 5. The van der Waals surface area contributed by atoms with E-state index in [2.05, 4.69) is 10.4 Å². The molecule has 0 aliphatic rings. The van der Waals surface area contributed by atoms with E-state index in [1.165, 1.54) is 0 Å². The fourth-order valence-corrected chi connectivity index (χ4v) is 4.38. The zero-order chi connectivity index (χ0) is 21.6. The Labute approximate surface area is 176 Å². The first-order valence-electron chi connectivity index (χ1n) is 10.3. The van der Waals surface area contributed by atoms with Gasteiger partial charge in [-0.3, -0.25) is 9.48 Å². The van der Waals surface area contributed by atoms with Crippen LogP contribution in [0.2, 0.25) is 0 Å². The lowest BCUT2D eigenvalue weighted by atomic mass is 10.0. The number of aromatic nitrogens is 5. The van der Waals surface area contributed by atoms with E-state index < -0.39 is 0 Å². The van der Waals surface area contributed by atoms with Crippen LogP contribution in [0, 0.1) is 27.7 Å². The lowest BCUT2D eigenvalue weighted by Gasteiger charge is -2.16. The van der Waals surface area contributed by atoms with Crippen molar-refractivity contribution in [2.24, 2.45) is 7.05 Å². The summed E-state index contributed by atoms with van der Waals surface area (Å²) in [6.07, 6.45) is 1.03. The van der Waals surface area contributed by atoms with Crippen molar-refractivity contribution in [2.45, 2.75) is 53.5 Å². The molecule has 1 amide bonds. The molecule has 0 radical (unpaired) electrons. The van der Waals surface area contributed by atoms with E-state index in [0.29, 0.717) is 12.8 Å². The van der Waals surface area contributed by atoms with Crippen LogP contribution in [-0.2, 0) is 18.3 Å². The molecule has 1 aromatic carbocycles. The van der Waals surface area contributed by atoms with E-state index in [1.807, 2.05) is 75.1 Å². The van der Waals surface area contributed by atoms with Gasteiger partial charge in [0.05, 0.1) is 17.3 Å². The van der Waals surface area contributed by atoms with Gasteiger partial charge in [-0.25, -0.2) is 9.50 Å². The summed E-state index contributed by atoms with van der Waals surface area (Å²) >= 11 is 0. The molecule has 0 aliphatic heterocycles. The molecule has 3 aromatic heterocycles. The third-order valence-corrected chi connectivity index (χ3v) is 6.00. The maximum Gasteiger partial charge on any atom is 0.220 e. The minimum Gasteiger partial charge on any atom is -0.349 e. The average Bonchev–Trinajstić information content (AvgIpc) is 3.18. The van der Waals surface area contributed by atoms with Crippen molar-refractivity contribution >= 4 is 22.5 Å². The molecule has 0 bridgehead atoms. The SMILES string of the molecule is Cc1nc2c3ccccc3nn2c(C)c1CCC(=O)NC(C)c1c(C)nn(C)c1C. The average molecular weight is 405 g/mol. The van der Waals surface area contributed by atoms with Crippen LogP contribution in [0.25, 0.3) is 16.6 Å².